The van der Waals surface area contributed by atoms with Crippen LogP contribution in [0.4, 0.5) is 5.69 Å². The normalized spacial score (nSPS) is 10.3. The second-order valence-electron chi connectivity index (χ2n) is 5.73. The Hall–Kier alpha value is -2.99. The van der Waals surface area contributed by atoms with Crippen molar-refractivity contribution in [2.45, 2.75) is 12.8 Å². The molecule has 3 aromatic rings. The Morgan fingerprint density at radius 3 is 2.42 bits per heavy atom. The molecule has 0 spiro atoms. The number of rotatable bonds is 7. The quantitative estimate of drug-likeness (QED) is 0.673. The van der Waals surface area contributed by atoms with Gasteiger partial charge in [0.15, 0.2) is 0 Å². The fourth-order valence-corrected chi connectivity index (χ4v) is 3.09. The number of thiazole rings is 1. The van der Waals surface area contributed by atoms with Gasteiger partial charge in [0, 0.05) is 35.8 Å². The molecular weight excluding hydrogens is 346 g/mol. The average Bonchev–Trinajstić information content (AvgIpc) is 3.18. The number of anilines is 1. The molecule has 0 bridgehead atoms. The Balaban J connectivity index is 1.40. The van der Waals surface area contributed by atoms with E-state index in [1.807, 2.05) is 60.0 Å². The SMILES string of the molecule is O=C(Cc1ccccc1)NCCC(=O)Nc1ccc(-c2nccs2)cc1. The van der Waals surface area contributed by atoms with E-state index in [0.717, 1.165) is 21.8 Å². The number of amides is 2. The predicted molar refractivity (Wildman–Crippen MR) is 104 cm³/mol. The van der Waals surface area contributed by atoms with Gasteiger partial charge in [-0.25, -0.2) is 4.98 Å². The van der Waals surface area contributed by atoms with Crippen molar-refractivity contribution >= 4 is 28.8 Å². The van der Waals surface area contributed by atoms with Crippen LogP contribution in [0.3, 0.4) is 0 Å². The largest absolute Gasteiger partial charge is 0.355 e. The van der Waals surface area contributed by atoms with E-state index < -0.39 is 0 Å². The summed E-state index contributed by atoms with van der Waals surface area (Å²) in [7, 11) is 0. The summed E-state index contributed by atoms with van der Waals surface area (Å²) in [6.45, 7) is 0.314. The summed E-state index contributed by atoms with van der Waals surface area (Å²) >= 11 is 1.57. The molecule has 0 saturated heterocycles. The van der Waals surface area contributed by atoms with Crippen molar-refractivity contribution in [1.82, 2.24) is 10.3 Å². The fraction of sp³-hybridized carbons (Fsp3) is 0.150. The molecule has 3 rings (SSSR count). The average molecular weight is 365 g/mol. The topological polar surface area (TPSA) is 71.1 Å². The van der Waals surface area contributed by atoms with Crippen LogP contribution in [0, 0.1) is 0 Å². The minimum atomic E-state index is -0.132. The van der Waals surface area contributed by atoms with E-state index in [4.69, 9.17) is 0 Å². The first-order valence-electron chi connectivity index (χ1n) is 8.31. The second kappa shape index (κ2) is 8.92. The molecule has 0 unspecified atom stereocenters. The molecule has 6 heteroatoms. The van der Waals surface area contributed by atoms with Gasteiger partial charge in [0.1, 0.15) is 5.01 Å². The van der Waals surface area contributed by atoms with Gasteiger partial charge in [-0.3, -0.25) is 9.59 Å². The van der Waals surface area contributed by atoms with Crippen LogP contribution >= 0.6 is 11.3 Å². The van der Waals surface area contributed by atoms with Gasteiger partial charge < -0.3 is 10.6 Å². The number of hydrogen-bond donors (Lipinski definition) is 2. The third-order valence-corrected chi connectivity index (χ3v) is 4.55. The monoisotopic (exact) mass is 365 g/mol. The van der Waals surface area contributed by atoms with Crippen LogP contribution < -0.4 is 10.6 Å². The smallest absolute Gasteiger partial charge is 0.226 e. The van der Waals surface area contributed by atoms with Crippen LogP contribution in [0.1, 0.15) is 12.0 Å². The van der Waals surface area contributed by atoms with Gasteiger partial charge in [-0.05, 0) is 29.8 Å². The summed E-state index contributed by atoms with van der Waals surface area (Å²) in [4.78, 5) is 28.1. The number of hydrogen-bond acceptors (Lipinski definition) is 4. The van der Waals surface area contributed by atoms with Crippen LogP contribution in [0.25, 0.3) is 10.6 Å². The van der Waals surface area contributed by atoms with Gasteiger partial charge in [-0.1, -0.05) is 30.3 Å². The maximum absolute atomic E-state index is 12.0. The molecular formula is C20H19N3O2S. The van der Waals surface area contributed by atoms with Crippen LogP contribution in [-0.4, -0.2) is 23.3 Å². The highest BCUT2D eigenvalue weighted by Gasteiger charge is 2.06. The maximum atomic E-state index is 12.0. The Bertz CT molecular complexity index is 847. The molecule has 0 fully saturated rings. The van der Waals surface area contributed by atoms with E-state index in [2.05, 4.69) is 15.6 Å². The van der Waals surface area contributed by atoms with E-state index in [1.54, 1.807) is 17.5 Å². The Kier molecular flexibility index (Phi) is 6.11. The van der Waals surface area contributed by atoms with E-state index >= 15 is 0 Å². The van der Waals surface area contributed by atoms with Crippen LogP contribution in [0.2, 0.25) is 0 Å². The maximum Gasteiger partial charge on any atom is 0.226 e. The number of benzene rings is 2. The van der Waals surface area contributed by atoms with Gasteiger partial charge in [0.2, 0.25) is 11.8 Å². The summed E-state index contributed by atoms with van der Waals surface area (Å²) in [6, 6.07) is 17.1. The van der Waals surface area contributed by atoms with E-state index in [9.17, 15) is 9.59 Å². The zero-order chi connectivity index (χ0) is 18.2. The number of nitrogens with one attached hydrogen (secondary N) is 2. The predicted octanol–water partition coefficient (Wildman–Crippen LogP) is 3.50. The summed E-state index contributed by atoms with van der Waals surface area (Å²) in [6.07, 6.45) is 2.32. The number of aromatic nitrogens is 1. The second-order valence-corrected chi connectivity index (χ2v) is 6.62. The highest BCUT2D eigenvalue weighted by atomic mass is 32.1. The molecule has 0 radical (unpaired) electrons. The van der Waals surface area contributed by atoms with Crippen LogP contribution in [0.15, 0.2) is 66.2 Å². The van der Waals surface area contributed by atoms with E-state index in [-0.39, 0.29) is 18.2 Å². The molecule has 1 aromatic heterocycles. The lowest BCUT2D eigenvalue weighted by Gasteiger charge is -2.07. The molecule has 0 atom stereocenters. The molecule has 2 amide bonds. The molecule has 5 nitrogen and oxygen atoms in total. The molecule has 0 saturated carbocycles. The third kappa shape index (κ3) is 5.26. The molecule has 2 aromatic carbocycles. The Labute approximate surface area is 156 Å². The highest BCUT2D eigenvalue weighted by Crippen LogP contribution is 2.23. The number of nitrogens with zero attached hydrogens (tertiary/aromatic N) is 1. The standard InChI is InChI=1S/C20H19N3O2S/c24-18(10-11-21-19(25)14-15-4-2-1-3-5-15)23-17-8-6-16(7-9-17)20-22-12-13-26-20/h1-9,12-13H,10-11,14H2,(H,21,25)(H,23,24). The van der Waals surface area contributed by atoms with Gasteiger partial charge in [0.25, 0.3) is 0 Å². The van der Waals surface area contributed by atoms with Crippen LogP contribution in [-0.2, 0) is 16.0 Å². The van der Waals surface area contributed by atoms with E-state index in [0.29, 0.717) is 13.0 Å². The lowest BCUT2D eigenvalue weighted by molar-refractivity contribution is -0.120. The highest BCUT2D eigenvalue weighted by molar-refractivity contribution is 7.13. The van der Waals surface area contributed by atoms with Gasteiger partial charge in [-0.2, -0.15) is 0 Å². The summed E-state index contributed by atoms with van der Waals surface area (Å²) in [5.74, 6) is -0.219. The van der Waals surface area contributed by atoms with Crippen molar-refractivity contribution < 1.29 is 9.59 Å². The van der Waals surface area contributed by atoms with Crippen molar-refractivity contribution in [2.24, 2.45) is 0 Å². The zero-order valence-corrected chi connectivity index (χ0v) is 15.0. The minimum Gasteiger partial charge on any atom is -0.355 e. The summed E-state index contributed by atoms with van der Waals surface area (Å²) in [5, 5.41) is 8.48. The van der Waals surface area contributed by atoms with Crippen molar-refractivity contribution in [2.75, 3.05) is 11.9 Å². The lowest BCUT2D eigenvalue weighted by atomic mass is 10.1. The molecule has 0 aliphatic carbocycles. The van der Waals surface area contributed by atoms with E-state index in [1.165, 1.54) is 0 Å². The van der Waals surface area contributed by atoms with Gasteiger partial charge >= 0.3 is 0 Å². The first kappa shape index (κ1) is 17.8. The molecule has 2 N–H and O–H groups in total. The summed E-state index contributed by atoms with van der Waals surface area (Å²) in [5.41, 5.74) is 2.70. The number of carbonyl (C=O) groups is 2. The zero-order valence-electron chi connectivity index (χ0n) is 14.1. The molecule has 0 aliphatic rings. The van der Waals surface area contributed by atoms with Crippen molar-refractivity contribution in [3.63, 3.8) is 0 Å². The van der Waals surface area contributed by atoms with Gasteiger partial charge in [-0.15, -0.1) is 11.3 Å². The van der Waals surface area contributed by atoms with Crippen molar-refractivity contribution in [3.8, 4) is 10.6 Å². The van der Waals surface area contributed by atoms with Crippen molar-refractivity contribution in [1.29, 1.82) is 0 Å². The Morgan fingerprint density at radius 1 is 0.962 bits per heavy atom. The molecule has 1 heterocycles. The first-order chi connectivity index (χ1) is 12.7. The molecule has 0 aliphatic heterocycles. The fourth-order valence-electron chi connectivity index (χ4n) is 2.44. The summed E-state index contributed by atoms with van der Waals surface area (Å²) < 4.78 is 0. The van der Waals surface area contributed by atoms with Crippen LogP contribution in [0.5, 0.6) is 0 Å². The Morgan fingerprint density at radius 2 is 1.73 bits per heavy atom. The lowest BCUT2D eigenvalue weighted by Crippen LogP contribution is -2.28. The first-order valence-corrected chi connectivity index (χ1v) is 9.19. The van der Waals surface area contributed by atoms with Crippen molar-refractivity contribution in [3.05, 3.63) is 71.7 Å². The molecule has 26 heavy (non-hydrogen) atoms. The van der Waals surface area contributed by atoms with Gasteiger partial charge in [0.05, 0.1) is 6.42 Å². The number of carbonyl (C=O) groups excluding carboxylic acids is 2. The third-order valence-electron chi connectivity index (χ3n) is 3.73. The minimum absolute atomic E-state index is 0.0863. The molecule has 132 valence electrons.